The van der Waals surface area contributed by atoms with Crippen LogP contribution in [0.15, 0.2) is 42.7 Å². The molecule has 3 heteroatoms. The van der Waals surface area contributed by atoms with Crippen molar-refractivity contribution < 1.29 is 0 Å². The van der Waals surface area contributed by atoms with Crippen LogP contribution < -0.4 is 0 Å². The number of rotatable bonds is 2. The van der Waals surface area contributed by atoms with E-state index in [4.69, 9.17) is 0 Å². The number of nitrogens with zero attached hydrogens (tertiary/aromatic N) is 2. The number of fused-ring (bicyclic) bond motifs is 1. The zero-order valence-corrected chi connectivity index (χ0v) is 10.4. The lowest BCUT2D eigenvalue weighted by atomic mass is 10.2. The lowest BCUT2D eigenvalue weighted by Crippen LogP contribution is -1.78. The minimum absolute atomic E-state index is 1.04. The van der Waals surface area contributed by atoms with E-state index in [9.17, 15) is 0 Å². The number of hydrogen-bond donors (Lipinski definition) is 0. The van der Waals surface area contributed by atoms with Crippen molar-refractivity contribution in [2.45, 2.75) is 13.3 Å². The van der Waals surface area contributed by atoms with Crippen molar-refractivity contribution in [3.8, 4) is 10.6 Å². The number of thiazole rings is 1. The first kappa shape index (κ1) is 10.4. The molecule has 2 nitrogen and oxygen atoms in total. The summed E-state index contributed by atoms with van der Waals surface area (Å²) in [6.07, 6.45) is 4.71. The Bertz CT molecular complexity index is 644. The van der Waals surface area contributed by atoms with E-state index >= 15 is 0 Å². The van der Waals surface area contributed by atoms with Crippen LogP contribution in [-0.4, -0.2) is 9.97 Å². The molecule has 0 unspecified atom stereocenters. The molecule has 0 radical (unpaired) electrons. The van der Waals surface area contributed by atoms with E-state index in [1.165, 1.54) is 10.3 Å². The van der Waals surface area contributed by atoms with Crippen molar-refractivity contribution in [2.24, 2.45) is 0 Å². The second-order valence-electron chi connectivity index (χ2n) is 3.92. The molecule has 1 aromatic carbocycles. The van der Waals surface area contributed by atoms with Crippen molar-refractivity contribution in [1.29, 1.82) is 0 Å². The van der Waals surface area contributed by atoms with E-state index in [2.05, 4.69) is 35.1 Å². The first-order chi connectivity index (χ1) is 8.36. The molecule has 84 valence electrons. The largest absolute Gasteiger partial charge is 0.264 e. The van der Waals surface area contributed by atoms with Crippen LogP contribution in [-0.2, 0) is 6.42 Å². The second kappa shape index (κ2) is 4.26. The smallest absolute Gasteiger partial charge is 0.126 e. The van der Waals surface area contributed by atoms with Gasteiger partial charge in [0.05, 0.1) is 10.2 Å². The number of aromatic nitrogens is 2. The maximum absolute atomic E-state index is 4.64. The maximum atomic E-state index is 4.64. The third kappa shape index (κ3) is 1.94. The van der Waals surface area contributed by atoms with Crippen LogP contribution in [0, 0.1) is 0 Å². The number of pyridine rings is 1. The highest BCUT2D eigenvalue weighted by Crippen LogP contribution is 2.30. The molecule has 2 heterocycles. The third-order valence-corrected chi connectivity index (χ3v) is 3.84. The Morgan fingerprint density at radius 3 is 2.94 bits per heavy atom. The predicted octanol–water partition coefficient (Wildman–Crippen LogP) is 3.92. The Balaban J connectivity index is 2.14. The lowest BCUT2D eigenvalue weighted by Gasteiger charge is -1.93. The van der Waals surface area contributed by atoms with Gasteiger partial charge in [0.1, 0.15) is 5.01 Å². The van der Waals surface area contributed by atoms with Crippen LogP contribution in [0.5, 0.6) is 0 Å². The van der Waals surface area contributed by atoms with Gasteiger partial charge in [-0.25, -0.2) is 4.98 Å². The van der Waals surface area contributed by atoms with E-state index in [0.29, 0.717) is 0 Å². The molecule has 0 bridgehead atoms. The van der Waals surface area contributed by atoms with Crippen molar-refractivity contribution in [3.05, 3.63) is 48.3 Å². The van der Waals surface area contributed by atoms with Crippen LogP contribution in [0.1, 0.15) is 12.5 Å². The predicted molar refractivity (Wildman–Crippen MR) is 72.2 cm³/mol. The molecular weight excluding hydrogens is 228 g/mol. The Morgan fingerprint density at radius 1 is 1.24 bits per heavy atom. The van der Waals surface area contributed by atoms with E-state index in [-0.39, 0.29) is 0 Å². The summed E-state index contributed by atoms with van der Waals surface area (Å²) in [4.78, 5) is 8.77. The van der Waals surface area contributed by atoms with Gasteiger partial charge in [-0.2, -0.15) is 0 Å². The lowest BCUT2D eigenvalue weighted by molar-refractivity contribution is 1.15. The van der Waals surface area contributed by atoms with Gasteiger partial charge in [0.2, 0.25) is 0 Å². The van der Waals surface area contributed by atoms with Gasteiger partial charge in [0.25, 0.3) is 0 Å². The Morgan fingerprint density at radius 2 is 2.18 bits per heavy atom. The van der Waals surface area contributed by atoms with E-state index in [0.717, 1.165) is 22.5 Å². The summed E-state index contributed by atoms with van der Waals surface area (Å²) < 4.78 is 1.25. The Hall–Kier alpha value is -1.74. The minimum Gasteiger partial charge on any atom is -0.264 e. The molecule has 0 atom stereocenters. The van der Waals surface area contributed by atoms with Gasteiger partial charge in [-0.3, -0.25) is 4.98 Å². The third-order valence-electron chi connectivity index (χ3n) is 2.77. The second-order valence-corrected chi connectivity index (χ2v) is 4.95. The number of hydrogen-bond acceptors (Lipinski definition) is 3. The van der Waals surface area contributed by atoms with Crippen LogP contribution in [0.3, 0.4) is 0 Å². The quantitative estimate of drug-likeness (QED) is 0.678. The topological polar surface area (TPSA) is 25.8 Å². The van der Waals surface area contributed by atoms with E-state index < -0.39 is 0 Å². The van der Waals surface area contributed by atoms with Gasteiger partial charge in [-0.15, -0.1) is 11.3 Å². The molecule has 0 saturated heterocycles. The fraction of sp³-hybridized carbons (Fsp3) is 0.143. The SMILES string of the molecule is CCc1ccc2nc(-c3cccnc3)sc2c1. The van der Waals surface area contributed by atoms with Gasteiger partial charge >= 0.3 is 0 Å². The summed E-state index contributed by atoms with van der Waals surface area (Å²) in [5.41, 5.74) is 3.52. The monoisotopic (exact) mass is 240 g/mol. The first-order valence-electron chi connectivity index (χ1n) is 5.66. The van der Waals surface area contributed by atoms with Crippen molar-refractivity contribution in [3.63, 3.8) is 0 Å². The molecule has 0 aliphatic heterocycles. The highest BCUT2D eigenvalue weighted by Gasteiger charge is 2.06. The maximum Gasteiger partial charge on any atom is 0.126 e. The summed E-state index contributed by atoms with van der Waals surface area (Å²) >= 11 is 1.73. The summed E-state index contributed by atoms with van der Waals surface area (Å²) in [5, 5.41) is 1.04. The zero-order chi connectivity index (χ0) is 11.7. The molecule has 0 spiro atoms. The van der Waals surface area contributed by atoms with Gasteiger partial charge in [-0.05, 0) is 36.2 Å². The van der Waals surface area contributed by atoms with Crippen LogP contribution >= 0.6 is 11.3 Å². The summed E-state index contributed by atoms with van der Waals surface area (Å²) in [7, 11) is 0. The van der Waals surface area contributed by atoms with Crippen molar-refractivity contribution >= 4 is 21.6 Å². The van der Waals surface area contributed by atoms with Crippen LogP contribution in [0.2, 0.25) is 0 Å². The summed E-state index contributed by atoms with van der Waals surface area (Å²) in [6, 6.07) is 10.5. The van der Waals surface area contributed by atoms with Crippen molar-refractivity contribution in [1.82, 2.24) is 9.97 Å². The zero-order valence-electron chi connectivity index (χ0n) is 9.55. The molecular formula is C14H12N2S. The van der Waals surface area contributed by atoms with Gasteiger partial charge in [0, 0.05) is 18.0 Å². The van der Waals surface area contributed by atoms with Crippen LogP contribution in [0.4, 0.5) is 0 Å². The normalized spacial score (nSPS) is 10.9. The van der Waals surface area contributed by atoms with Gasteiger partial charge in [-0.1, -0.05) is 13.0 Å². The van der Waals surface area contributed by atoms with Crippen LogP contribution in [0.25, 0.3) is 20.8 Å². The summed E-state index contributed by atoms with van der Waals surface area (Å²) in [5.74, 6) is 0. The highest BCUT2D eigenvalue weighted by atomic mass is 32.1. The number of benzene rings is 1. The highest BCUT2D eigenvalue weighted by molar-refractivity contribution is 7.21. The molecule has 0 saturated carbocycles. The molecule has 0 fully saturated rings. The average molecular weight is 240 g/mol. The molecule has 0 N–H and O–H groups in total. The summed E-state index contributed by atoms with van der Waals surface area (Å²) in [6.45, 7) is 2.17. The van der Waals surface area contributed by atoms with Crippen molar-refractivity contribution in [2.75, 3.05) is 0 Å². The molecule has 17 heavy (non-hydrogen) atoms. The van der Waals surface area contributed by atoms with E-state index in [1.807, 2.05) is 18.3 Å². The fourth-order valence-electron chi connectivity index (χ4n) is 1.80. The van der Waals surface area contributed by atoms with Gasteiger partial charge < -0.3 is 0 Å². The Labute approximate surface area is 104 Å². The molecule has 3 rings (SSSR count). The fourth-order valence-corrected chi connectivity index (χ4v) is 2.82. The molecule has 2 aromatic heterocycles. The number of aryl methyl sites for hydroxylation is 1. The average Bonchev–Trinajstić information content (AvgIpc) is 2.82. The molecule has 3 aromatic rings. The Kier molecular flexibility index (Phi) is 2.61. The molecule has 0 amide bonds. The molecule has 0 aliphatic carbocycles. The first-order valence-corrected chi connectivity index (χ1v) is 6.48. The minimum atomic E-state index is 1.04. The van der Waals surface area contributed by atoms with Gasteiger partial charge in [0.15, 0.2) is 0 Å². The standard InChI is InChI=1S/C14H12N2S/c1-2-10-5-6-12-13(8-10)17-14(16-12)11-4-3-7-15-9-11/h3-9H,2H2,1H3. The molecule has 0 aliphatic rings. The van der Waals surface area contributed by atoms with E-state index in [1.54, 1.807) is 17.5 Å².